The van der Waals surface area contributed by atoms with Crippen LogP contribution in [-0.2, 0) is 7.05 Å². The lowest BCUT2D eigenvalue weighted by Crippen LogP contribution is -2.65. The van der Waals surface area contributed by atoms with Crippen molar-refractivity contribution in [3.8, 4) is 0 Å². The molecule has 2 aromatic rings. The van der Waals surface area contributed by atoms with E-state index in [0.29, 0.717) is 11.8 Å². The number of aryl methyl sites for hydroxylation is 1. The lowest BCUT2D eigenvalue weighted by molar-refractivity contribution is -0.139. The summed E-state index contributed by atoms with van der Waals surface area (Å²) in [5.41, 5.74) is 1.07. The van der Waals surface area contributed by atoms with Crippen LogP contribution in [-0.4, -0.2) is 26.7 Å². The van der Waals surface area contributed by atoms with Gasteiger partial charge in [0.1, 0.15) is 0 Å². The molecule has 2 unspecified atom stereocenters. The minimum Gasteiger partial charge on any atom is -0.390 e. The monoisotopic (exact) mass is 324 g/mol. The summed E-state index contributed by atoms with van der Waals surface area (Å²) in [6.45, 7) is 0. The van der Waals surface area contributed by atoms with Crippen molar-refractivity contribution in [2.75, 3.05) is 0 Å². The molecule has 24 heavy (non-hydrogen) atoms. The van der Waals surface area contributed by atoms with Gasteiger partial charge in [0.25, 0.3) is 5.91 Å². The number of amides is 1. The van der Waals surface area contributed by atoms with Crippen molar-refractivity contribution in [1.82, 2.24) is 9.88 Å². The molecule has 4 nitrogen and oxygen atoms in total. The first-order chi connectivity index (χ1) is 11.5. The first kappa shape index (κ1) is 14.5. The van der Waals surface area contributed by atoms with E-state index >= 15 is 0 Å². The summed E-state index contributed by atoms with van der Waals surface area (Å²) >= 11 is 0. The van der Waals surface area contributed by atoms with Crippen LogP contribution in [0.2, 0.25) is 0 Å². The van der Waals surface area contributed by atoms with Crippen LogP contribution >= 0.6 is 0 Å². The number of para-hydroxylation sites is 1. The summed E-state index contributed by atoms with van der Waals surface area (Å²) in [5, 5.41) is 15.2. The Balaban J connectivity index is 1.48. The topological polar surface area (TPSA) is 54.3 Å². The molecule has 4 heteroatoms. The molecule has 1 amide bonds. The second kappa shape index (κ2) is 4.63. The van der Waals surface area contributed by atoms with E-state index in [9.17, 15) is 9.90 Å². The van der Waals surface area contributed by atoms with Gasteiger partial charge in [-0.25, -0.2) is 0 Å². The summed E-state index contributed by atoms with van der Waals surface area (Å²) in [6.07, 6.45) is 7.79. The fraction of sp³-hybridized carbons (Fsp3) is 0.550. The molecule has 4 saturated carbocycles. The zero-order valence-corrected chi connectivity index (χ0v) is 14.1. The van der Waals surface area contributed by atoms with Gasteiger partial charge in [0.15, 0.2) is 0 Å². The zero-order chi connectivity index (χ0) is 16.5. The van der Waals surface area contributed by atoms with Crippen LogP contribution in [0.1, 0.15) is 48.9 Å². The van der Waals surface area contributed by atoms with Gasteiger partial charge in [-0.2, -0.15) is 0 Å². The van der Waals surface area contributed by atoms with Crippen molar-refractivity contribution in [3.63, 3.8) is 0 Å². The van der Waals surface area contributed by atoms with Gasteiger partial charge in [0.2, 0.25) is 0 Å². The minimum atomic E-state index is -0.546. The number of nitrogens with one attached hydrogen (secondary N) is 1. The van der Waals surface area contributed by atoms with E-state index in [2.05, 4.69) is 5.32 Å². The third-order valence-corrected chi connectivity index (χ3v) is 6.55. The number of carbonyl (C=O) groups excluding carboxylic acids is 1. The smallest absolute Gasteiger partial charge is 0.253 e. The Morgan fingerprint density at radius 1 is 1.21 bits per heavy atom. The van der Waals surface area contributed by atoms with Crippen LogP contribution in [0.3, 0.4) is 0 Å². The highest BCUT2D eigenvalue weighted by atomic mass is 16.3. The van der Waals surface area contributed by atoms with E-state index in [4.69, 9.17) is 0 Å². The first-order valence-electron chi connectivity index (χ1n) is 9.04. The molecular formula is C20H24N2O2. The lowest BCUT2D eigenvalue weighted by Gasteiger charge is -2.60. The van der Waals surface area contributed by atoms with Crippen LogP contribution in [0.5, 0.6) is 0 Å². The van der Waals surface area contributed by atoms with E-state index < -0.39 is 5.60 Å². The Morgan fingerprint density at radius 2 is 1.92 bits per heavy atom. The molecule has 2 N–H and O–H groups in total. The van der Waals surface area contributed by atoms with Crippen molar-refractivity contribution < 1.29 is 9.90 Å². The maximum Gasteiger partial charge on any atom is 0.253 e. The third kappa shape index (κ3) is 2.05. The van der Waals surface area contributed by atoms with Crippen LogP contribution in [0.15, 0.2) is 30.5 Å². The number of hydrogen-bond donors (Lipinski definition) is 2. The predicted molar refractivity (Wildman–Crippen MR) is 92.7 cm³/mol. The summed E-state index contributed by atoms with van der Waals surface area (Å²) in [7, 11) is 1.98. The summed E-state index contributed by atoms with van der Waals surface area (Å²) in [4.78, 5) is 13.1. The summed E-state index contributed by atoms with van der Waals surface area (Å²) in [5.74, 6) is 1.16. The van der Waals surface area contributed by atoms with Gasteiger partial charge in [-0.05, 0) is 56.4 Å². The maximum absolute atomic E-state index is 13.1. The van der Waals surface area contributed by atoms with Gasteiger partial charge in [0, 0.05) is 29.7 Å². The molecule has 2 atom stereocenters. The van der Waals surface area contributed by atoms with Crippen LogP contribution < -0.4 is 5.32 Å². The van der Waals surface area contributed by atoms with Crippen LogP contribution in [0.25, 0.3) is 10.9 Å². The average Bonchev–Trinajstić information content (AvgIpc) is 2.82. The Morgan fingerprint density at radius 3 is 2.62 bits per heavy atom. The molecule has 6 rings (SSSR count). The number of benzene rings is 1. The highest BCUT2D eigenvalue weighted by Crippen LogP contribution is 2.57. The molecule has 4 aliphatic rings. The minimum absolute atomic E-state index is 0.0114. The zero-order valence-electron chi connectivity index (χ0n) is 14.1. The third-order valence-electron chi connectivity index (χ3n) is 6.55. The van der Waals surface area contributed by atoms with E-state index in [1.54, 1.807) is 0 Å². The SMILES string of the molecule is Cn1cc(C(=O)NC23CC4CC(CC(O)(C4)C2)C3)c2ccccc21. The van der Waals surface area contributed by atoms with Crippen molar-refractivity contribution in [2.45, 2.75) is 49.7 Å². The van der Waals surface area contributed by atoms with Crippen molar-refractivity contribution >= 4 is 16.8 Å². The summed E-state index contributed by atoms with van der Waals surface area (Å²) in [6, 6.07) is 8.03. The van der Waals surface area contributed by atoms with E-state index in [-0.39, 0.29) is 11.4 Å². The standard InChI is InChI=1S/C20H24N2O2/c1-22-11-16(15-4-2-3-5-17(15)22)18(23)21-19-7-13-6-14(8-19)10-20(24,9-13)12-19/h2-5,11,13-14,24H,6-10,12H2,1H3,(H,21,23). The summed E-state index contributed by atoms with van der Waals surface area (Å²) < 4.78 is 2.01. The molecule has 0 spiro atoms. The van der Waals surface area contributed by atoms with E-state index in [0.717, 1.165) is 48.6 Å². The lowest BCUT2D eigenvalue weighted by atomic mass is 9.51. The van der Waals surface area contributed by atoms with Crippen LogP contribution in [0.4, 0.5) is 0 Å². The molecule has 0 aliphatic heterocycles. The van der Waals surface area contributed by atoms with Gasteiger partial charge in [-0.3, -0.25) is 4.79 Å². The highest BCUT2D eigenvalue weighted by molar-refractivity contribution is 6.07. The Labute approximate surface area is 141 Å². The molecule has 1 heterocycles. The van der Waals surface area contributed by atoms with Crippen molar-refractivity contribution in [1.29, 1.82) is 0 Å². The molecule has 126 valence electrons. The maximum atomic E-state index is 13.1. The van der Waals surface area contributed by atoms with Crippen LogP contribution in [0, 0.1) is 11.8 Å². The number of carbonyl (C=O) groups is 1. The largest absolute Gasteiger partial charge is 0.390 e. The average molecular weight is 324 g/mol. The Hall–Kier alpha value is -1.81. The van der Waals surface area contributed by atoms with E-state index in [1.165, 1.54) is 6.42 Å². The molecule has 1 aromatic carbocycles. The Bertz CT molecular complexity index is 823. The predicted octanol–water partition coefficient (Wildman–Crippen LogP) is 2.99. The first-order valence-corrected chi connectivity index (χ1v) is 9.04. The van der Waals surface area contributed by atoms with Crippen molar-refractivity contribution in [3.05, 3.63) is 36.0 Å². The van der Waals surface area contributed by atoms with Gasteiger partial charge in [-0.15, -0.1) is 0 Å². The number of aliphatic hydroxyl groups is 1. The van der Waals surface area contributed by atoms with Gasteiger partial charge < -0.3 is 15.0 Å². The molecule has 0 radical (unpaired) electrons. The number of nitrogens with zero attached hydrogens (tertiary/aromatic N) is 1. The molecule has 0 saturated heterocycles. The van der Waals surface area contributed by atoms with Gasteiger partial charge >= 0.3 is 0 Å². The molecule has 4 fully saturated rings. The quantitative estimate of drug-likeness (QED) is 0.892. The van der Waals surface area contributed by atoms with Gasteiger partial charge in [0.05, 0.1) is 11.2 Å². The molecule has 4 aliphatic carbocycles. The van der Waals surface area contributed by atoms with Crippen molar-refractivity contribution in [2.24, 2.45) is 18.9 Å². The van der Waals surface area contributed by atoms with Gasteiger partial charge in [-0.1, -0.05) is 18.2 Å². The number of fused-ring (bicyclic) bond motifs is 1. The molecule has 4 bridgehead atoms. The molecular weight excluding hydrogens is 300 g/mol. The normalized spacial score (nSPS) is 37.1. The number of rotatable bonds is 2. The van der Waals surface area contributed by atoms with E-state index in [1.807, 2.05) is 42.1 Å². The fourth-order valence-corrected chi connectivity index (χ4v) is 6.19. The number of aromatic nitrogens is 1. The molecule has 1 aromatic heterocycles. The second-order valence-electron chi connectivity index (χ2n) is 8.59. The highest BCUT2D eigenvalue weighted by Gasteiger charge is 2.57. The number of hydrogen-bond acceptors (Lipinski definition) is 2. The fourth-order valence-electron chi connectivity index (χ4n) is 6.19. The second-order valence-corrected chi connectivity index (χ2v) is 8.59. The Kier molecular flexibility index (Phi) is 2.80.